The molecular formula is C22H20N2O5. The normalized spacial score (nSPS) is 19.7. The minimum Gasteiger partial charge on any atom is -0.456 e. The molecule has 0 amide bonds. The quantitative estimate of drug-likeness (QED) is 0.489. The van der Waals surface area contributed by atoms with E-state index in [1.807, 2.05) is 11.0 Å². The number of fused-ring (bicyclic) bond motifs is 2. The first-order valence-electron chi connectivity index (χ1n) is 9.77. The number of carbonyl (C=O) groups is 1. The fraction of sp³-hybridized carbons (Fsp3) is 0.318. The Morgan fingerprint density at radius 3 is 2.76 bits per heavy atom. The molecule has 1 N–H and O–H groups in total. The van der Waals surface area contributed by atoms with E-state index in [1.165, 1.54) is 17.2 Å². The monoisotopic (exact) mass is 392 g/mol. The lowest BCUT2D eigenvalue weighted by Crippen LogP contribution is -2.33. The van der Waals surface area contributed by atoms with E-state index in [0.717, 1.165) is 36.2 Å². The van der Waals surface area contributed by atoms with Crippen LogP contribution in [0.5, 0.6) is 0 Å². The number of nitro groups is 1. The number of benzene rings is 2. The molecule has 0 aromatic heterocycles. The predicted molar refractivity (Wildman–Crippen MR) is 106 cm³/mol. The van der Waals surface area contributed by atoms with Crippen molar-refractivity contribution in [1.29, 1.82) is 0 Å². The predicted octanol–water partition coefficient (Wildman–Crippen LogP) is 2.84. The number of aryl methyl sites for hydroxylation is 2. The second kappa shape index (κ2) is 6.70. The maximum absolute atomic E-state index is 12.7. The van der Waals surface area contributed by atoms with E-state index >= 15 is 0 Å². The summed E-state index contributed by atoms with van der Waals surface area (Å²) in [7, 11) is 0. The third-order valence-corrected chi connectivity index (χ3v) is 6.07. The van der Waals surface area contributed by atoms with Crippen molar-refractivity contribution in [1.82, 2.24) is 0 Å². The molecule has 7 heteroatoms. The van der Waals surface area contributed by atoms with Gasteiger partial charge in [-0.2, -0.15) is 0 Å². The molecule has 0 radical (unpaired) electrons. The number of esters is 1. The number of nitro benzene ring substituents is 1. The first-order chi connectivity index (χ1) is 14.1. The van der Waals surface area contributed by atoms with E-state index < -0.39 is 16.8 Å². The number of β-amino-alcohol motifs (C(OH)–C–C–N with tert-alkyl or cyclic N) is 1. The molecule has 2 aromatic rings. The molecule has 3 aliphatic rings. The number of anilines is 1. The molecule has 0 saturated heterocycles. The van der Waals surface area contributed by atoms with E-state index in [1.54, 1.807) is 12.1 Å². The average Bonchev–Trinajstić information content (AvgIpc) is 3.33. The van der Waals surface area contributed by atoms with Crippen molar-refractivity contribution in [3.8, 4) is 0 Å². The number of hydrogen-bond donors (Lipinski definition) is 1. The van der Waals surface area contributed by atoms with Gasteiger partial charge in [0.2, 0.25) is 0 Å². The Bertz CT molecular complexity index is 1070. The Balaban J connectivity index is 1.76. The topological polar surface area (TPSA) is 92.9 Å². The third-order valence-electron chi connectivity index (χ3n) is 6.07. The Morgan fingerprint density at radius 1 is 1.21 bits per heavy atom. The van der Waals surface area contributed by atoms with Gasteiger partial charge in [0.1, 0.15) is 6.61 Å². The number of non-ortho nitro benzene ring substituents is 1. The SMILES string of the molecule is O=C1OCC2=C1C(c1cccc([N+](=O)[O-])c1)c1cc3c(cc1N2CCO)CCC3. The fourth-order valence-corrected chi connectivity index (χ4v) is 4.83. The van der Waals surface area contributed by atoms with Gasteiger partial charge in [0.05, 0.1) is 22.8 Å². The first kappa shape index (κ1) is 17.9. The van der Waals surface area contributed by atoms with E-state index in [4.69, 9.17) is 4.74 Å². The molecule has 0 fully saturated rings. The highest BCUT2D eigenvalue weighted by Crippen LogP contribution is 2.49. The van der Waals surface area contributed by atoms with Gasteiger partial charge in [-0.25, -0.2) is 4.79 Å². The summed E-state index contributed by atoms with van der Waals surface area (Å²) in [5.41, 5.74) is 6.41. The minimum absolute atomic E-state index is 0.00323. The summed E-state index contributed by atoms with van der Waals surface area (Å²) in [6.45, 7) is 0.460. The van der Waals surface area contributed by atoms with Crippen molar-refractivity contribution in [2.45, 2.75) is 25.2 Å². The van der Waals surface area contributed by atoms with E-state index in [-0.39, 0.29) is 18.9 Å². The molecule has 1 unspecified atom stereocenters. The minimum atomic E-state index is -0.421. The summed E-state index contributed by atoms with van der Waals surface area (Å²) in [4.78, 5) is 25.6. The summed E-state index contributed by atoms with van der Waals surface area (Å²) in [5.74, 6) is -0.818. The van der Waals surface area contributed by atoms with Crippen LogP contribution < -0.4 is 4.90 Å². The zero-order valence-corrected chi connectivity index (χ0v) is 15.8. The van der Waals surface area contributed by atoms with Crippen LogP contribution >= 0.6 is 0 Å². The smallest absolute Gasteiger partial charge is 0.337 e. The van der Waals surface area contributed by atoms with Crippen molar-refractivity contribution in [3.05, 3.63) is 80.0 Å². The van der Waals surface area contributed by atoms with Crippen LogP contribution in [0.3, 0.4) is 0 Å². The van der Waals surface area contributed by atoms with Crippen LogP contribution in [0, 0.1) is 10.1 Å². The number of nitrogens with zero attached hydrogens (tertiary/aromatic N) is 2. The molecule has 0 spiro atoms. The largest absolute Gasteiger partial charge is 0.456 e. The molecular weight excluding hydrogens is 372 g/mol. The summed E-state index contributed by atoms with van der Waals surface area (Å²) in [6, 6.07) is 10.8. The van der Waals surface area contributed by atoms with Crippen LogP contribution in [0.4, 0.5) is 11.4 Å². The standard InChI is InChI=1S/C22H20N2O5/c25-8-7-23-18-11-14-4-1-3-13(14)10-17(18)20(21-19(23)12-29-22(21)26)15-5-2-6-16(9-15)24(27)28/h2,5-6,9-11,20,25H,1,3-4,7-8,12H2. The van der Waals surface area contributed by atoms with Crippen LogP contribution in [-0.2, 0) is 22.4 Å². The molecule has 2 heterocycles. The molecule has 0 bridgehead atoms. The number of aliphatic hydroxyl groups is 1. The van der Waals surface area contributed by atoms with Crippen molar-refractivity contribution >= 4 is 17.3 Å². The van der Waals surface area contributed by atoms with Gasteiger partial charge in [-0.15, -0.1) is 0 Å². The Kier molecular flexibility index (Phi) is 4.13. The fourth-order valence-electron chi connectivity index (χ4n) is 4.83. The molecule has 2 aromatic carbocycles. The molecule has 29 heavy (non-hydrogen) atoms. The van der Waals surface area contributed by atoms with Gasteiger partial charge in [-0.3, -0.25) is 10.1 Å². The highest BCUT2D eigenvalue weighted by Gasteiger charge is 2.42. The van der Waals surface area contributed by atoms with E-state index in [9.17, 15) is 20.0 Å². The zero-order chi connectivity index (χ0) is 20.1. The van der Waals surface area contributed by atoms with Crippen molar-refractivity contribution in [3.63, 3.8) is 0 Å². The van der Waals surface area contributed by atoms with Crippen molar-refractivity contribution in [2.24, 2.45) is 0 Å². The van der Waals surface area contributed by atoms with Gasteiger partial charge in [0, 0.05) is 30.3 Å². The van der Waals surface area contributed by atoms with Crippen molar-refractivity contribution in [2.75, 3.05) is 24.7 Å². The number of aliphatic hydroxyl groups excluding tert-OH is 1. The van der Waals surface area contributed by atoms with Crippen LogP contribution in [0.1, 0.15) is 34.6 Å². The van der Waals surface area contributed by atoms with E-state index in [2.05, 4.69) is 12.1 Å². The lowest BCUT2D eigenvalue weighted by atomic mass is 9.79. The Hall–Kier alpha value is -3.19. The lowest BCUT2D eigenvalue weighted by molar-refractivity contribution is -0.384. The second-order valence-corrected chi connectivity index (χ2v) is 7.63. The first-order valence-corrected chi connectivity index (χ1v) is 9.77. The molecule has 7 nitrogen and oxygen atoms in total. The summed E-state index contributed by atoms with van der Waals surface area (Å²) in [5, 5.41) is 21.0. The van der Waals surface area contributed by atoms with Gasteiger partial charge < -0.3 is 14.7 Å². The number of cyclic esters (lactones) is 1. The molecule has 2 aliphatic heterocycles. The molecule has 5 rings (SSSR count). The van der Waals surface area contributed by atoms with Gasteiger partial charge in [0.15, 0.2) is 0 Å². The number of rotatable bonds is 4. The van der Waals surface area contributed by atoms with Crippen LogP contribution in [0.2, 0.25) is 0 Å². The number of carbonyl (C=O) groups excluding carboxylic acids is 1. The molecule has 1 atom stereocenters. The van der Waals surface area contributed by atoms with Gasteiger partial charge in [0.25, 0.3) is 5.69 Å². The van der Waals surface area contributed by atoms with Gasteiger partial charge in [-0.05, 0) is 47.6 Å². The van der Waals surface area contributed by atoms with Gasteiger partial charge >= 0.3 is 5.97 Å². The maximum atomic E-state index is 12.7. The molecule has 0 saturated carbocycles. The zero-order valence-electron chi connectivity index (χ0n) is 15.8. The highest BCUT2D eigenvalue weighted by molar-refractivity contribution is 5.97. The van der Waals surface area contributed by atoms with E-state index in [0.29, 0.717) is 17.7 Å². The highest BCUT2D eigenvalue weighted by atomic mass is 16.6. The van der Waals surface area contributed by atoms with Crippen LogP contribution in [0.25, 0.3) is 0 Å². The third kappa shape index (κ3) is 2.73. The number of hydrogen-bond acceptors (Lipinski definition) is 6. The second-order valence-electron chi connectivity index (χ2n) is 7.63. The van der Waals surface area contributed by atoms with Gasteiger partial charge in [-0.1, -0.05) is 18.2 Å². The summed E-state index contributed by atoms with van der Waals surface area (Å²) in [6.07, 6.45) is 3.09. The van der Waals surface area contributed by atoms with Crippen LogP contribution in [-0.4, -0.2) is 35.8 Å². The maximum Gasteiger partial charge on any atom is 0.337 e. The Labute approximate surface area is 167 Å². The lowest BCUT2D eigenvalue weighted by Gasteiger charge is -2.36. The summed E-state index contributed by atoms with van der Waals surface area (Å²) < 4.78 is 5.37. The van der Waals surface area contributed by atoms with Crippen LogP contribution in [0.15, 0.2) is 47.7 Å². The molecule has 148 valence electrons. The molecule has 1 aliphatic carbocycles. The average molecular weight is 392 g/mol. The van der Waals surface area contributed by atoms with Crippen molar-refractivity contribution < 1.29 is 19.6 Å². The Morgan fingerprint density at radius 2 is 2.00 bits per heavy atom. The summed E-state index contributed by atoms with van der Waals surface area (Å²) >= 11 is 0. The number of ether oxygens (including phenoxy) is 1.